The second-order valence-corrected chi connectivity index (χ2v) is 22.1. The molecule has 0 aliphatic heterocycles. The number of hydrogen-bond donors (Lipinski definition) is 3. The van der Waals surface area contributed by atoms with Gasteiger partial charge in [-0.2, -0.15) is 0 Å². The lowest BCUT2D eigenvalue weighted by molar-refractivity contribution is -0.143. The Balaban J connectivity index is 3.28. The predicted octanol–water partition coefficient (Wildman–Crippen LogP) is 19.9. The Bertz CT molecular complexity index is 990. The van der Waals surface area contributed by atoms with Crippen molar-refractivity contribution in [2.24, 2.45) is 0 Å². The number of aliphatic hydroxyl groups excluding tert-OH is 2. The van der Waals surface area contributed by atoms with Gasteiger partial charge in [0, 0.05) is 12.8 Å². The van der Waals surface area contributed by atoms with E-state index >= 15 is 0 Å². The van der Waals surface area contributed by atoms with Crippen LogP contribution in [0.3, 0.4) is 0 Å². The highest BCUT2D eigenvalue weighted by Crippen LogP contribution is 2.19. The second kappa shape index (κ2) is 59.4. The lowest BCUT2D eigenvalue weighted by atomic mass is 10.0. The molecule has 0 aliphatic carbocycles. The molecular formula is C63H125NO5. The number of carbonyl (C=O) groups excluding carboxylic acids is 2. The van der Waals surface area contributed by atoms with Crippen LogP contribution in [0.25, 0.3) is 0 Å². The Hall–Kier alpha value is -1.14. The number of amides is 1. The first-order chi connectivity index (χ1) is 34.0. The molecule has 2 atom stereocenters. The molecule has 0 spiro atoms. The maximum Gasteiger partial charge on any atom is 0.305 e. The van der Waals surface area contributed by atoms with E-state index in [-0.39, 0.29) is 18.5 Å². The van der Waals surface area contributed by atoms with Crippen LogP contribution in [0.2, 0.25) is 0 Å². The van der Waals surface area contributed by atoms with Crippen LogP contribution in [0.5, 0.6) is 0 Å². The number of carbonyl (C=O) groups is 2. The number of aliphatic hydroxyl groups is 2. The van der Waals surface area contributed by atoms with Gasteiger partial charge in [-0.25, -0.2) is 0 Å². The van der Waals surface area contributed by atoms with E-state index in [4.69, 9.17) is 4.74 Å². The van der Waals surface area contributed by atoms with Crippen LogP contribution >= 0.6 is 0 Å². The Morgan fingerprint density at radius 3 is 0.884 bits per heavy atom. The first kappa shape index (κ1) is 67.9. The molecule has 0 aliphatic rings. The Morgan fingerprint density at radius 2 is 0.594 bits per heavy atom. The van der Waals surface area contributed by atoms with E-state index in [1.165, 1.54) is 295 Å². The molecule has 0 aromatic carbocycles. The molecule has 412 valence electrons. The Labute approximate surface area is 432 Å². The van der Waals surface area contributed by atoms with Crippen molar-refractivity contribution in [2.75, 3.05) is 13.2 Å². The number of unbranched alkanes of at least 4 members (excludes halogenated alkanes) is 49. The molecule has 0 fully saturated rings. The first-order valence-corrected chi connectivity index (χ1v) is 31.8. The summed E-state index contributed by atoms with van der Waals surface area (Å²) in [6, 6.07) is -0.535. The van der Waals surface area contributed by atoms with Crippen molar-refractivity contribution < 1.29 is 24.5 Å². The number of esters is 1. The summed E-state index contributed by atoms with van der Waals surface area (Å²) in [7, 11) is 0. The van der Waals surface area contributed by atoms with Crippen LogP contribution < -0.4 is 5.32 Å². The van der Waals surface area contributed by atoms with Gasteiger partial charge in [-0.05, 0) is 25.7 Å². The zero-order valence-corrected chi connectivity index (χ0v) is 47.1. The third kappa shape index (κ3) is 56.0. The smallest absolute Gasteiger partial charge is 0.305 e. The Morgan fingerprint density at radius 1 is 0.348 bits per heavy atom. The summed E-state index contributed by atoms with van der Waals surface area (Å²) in [6.45, 7) is 4.96. The molecule has 0 aromatic rings. The summed E-state index contributed by atoms with van der Waals surface area (Å²) in [6.07, 6.45) is 70.0. The molecule has 69 heavy (non-hydrogen) atoms. The fourth-order valence-electron chi connectivity index (χ4n) is 10.3. The van der Waals surface area contributed by atoms with Crippen LogP contribution in [0.1, 0.15) is 367 Å². The summed E-state index contributed by atoms with van der Waals surface area (Å²) in [5.41, 5.74) is 0. The fraction of sp³-hybridized carbons (Fsp3) is 0.968. The molecule has 0 radical (unpaired) electrons. The summed E-state index contributed by atoms with van der Waals surface area (Å²) in [4.78, 5) is 24.4. The number of ether oxygens (including phenoxy) is 1. The van der Waals surface area contributed by atoms with Gasteiger partial charge in [0.15, 0.2) is 0 Å². The van der Waals surface area contributed by atoms with Gasteiger partial charge < -0.3 is 20.3 Å². The van der Waals surface area contributed by atoms with Gasteiger partial charge in [-0.3, -0.25) is 9.59 Å². The van der Waals surface area contributed by atoms with E-state index in [1.807, 2.05) is 0 Å². The standard InChI is InChI=1S/C63H125NO5/c1-3-5-7-9-11-13-36-41-45-49-53-57-63(68)69-58-54-50-46-42-38-35-33-31-29-27-25-23-21-19-17-15-16-18-20-22-24-26-28-30-32-34-37-40-44-48-52-56-62(67)64-60(59-65)61(66)55-51-47-43-39-14-12-10-8-6-4-2/h60-61,65-66H,3-59H2,1-2H3,(H,64,67). The van der Waals surface area contributed by atoms with Crippen molar-refractivity contribution in [3.8, 4) is 0 Å². The lowest BCUT2D eigenvalue weighted by Gasteiger charge is -2.22. The van der Waals surface area contributed by atoms with E-state index < -0.39 is 12.1 Å². The van der Waals surface area contributed by atoms with Gasteiger partial charge in [0.05, 0.1) is 25.4 Å². The highest BCUT2D eigenvalue weighted by atomic mass is 16.5. The van der Waals surface area contributed by atoms with Gasteiger partial charge in [-0.15, -0.1) is 0 Å². The highest BCUT2D eigenvalue weighted by molar-refractivity contribution is 5.76. The molecule has 3 N–H and O–H groups in total. The number of rotatable bonds is 60. The molecule has 0 bridgehead atoms. The molecule has 6 heteroatoms. The van der Waals surface area contributed by atoms with Crippen LogP contribution in [-0.2, 0) is 14.3 Å². The van der Waals surface area contributed by atoms with Crippen LogP contribution in [0, 0.1) is 0 Å². The molecule has 0 aromatic heterocycles. The van der Waals surface area contributed by atoms with Crippen LogP contribution in [0.15, 0.2) is 0 Å². The van der Waals surface area contributed by atoms with Gasteiger partial charge in [0.1, 0.15) is 0 Å². The third-order valence-corrected chi connectivity index (χ3v) is 15.2. The van der Waals surface area contributed by atoms with Gasteiger partial charge in [-0.1, -0.05) is 328 Å². The second-order valence-electron chi connectivity index (χ2n) is 22.1. The maximum absolute atomic E-state index is 12.4. The minimum absolute atomic E-state index is 0.0210. The quantitative estimate of drug-likeness (QED) is 0.0417. The SMILES string of the molecule is CCCCCCCCCCCCCC(=O)OCCCCCCCCCCCCCCCCCCCCCCCCCCCCCCCCCC(=O)NC(CO)C(O)CCCCCCCCCCCC. The van der Waals surface area contributed by atoms with Crippen LogP contribution in [-0.4, -0.2) is 47.4 Å². The highest BCUT2D eigenvalue weighted by Gasteiger charge is 2.20. The average molecular weight is 977 g/mol. The molecule has 0 saturated heterocycles. The number of hydrogen-bond acceptors (Lipinski definition) is 5. The lowest BCUT2D eigenvalue weighted by Crippen LogP contribution is -2.45. The Kier molecular flexibility index (Phi) is 58.4. The van der Waals surface area contributed by atoms with E-state index in [9.17, 15) is 19.8 Å². The monoisotopic (exact) mass is 976 g/mol. The largest absolute Gasteiger partial charge is 0.466 e. The zero-order chi connectivity index (χ0) is 50.0. The topological polar surface area (TPSA) is 95.9 Å². The van der Waals surface area contributed by atoms with Crippen molar-refractivity contribution >= 4 is 11.9 Å². The van der Waals surface area contributed by atoms with Gasteiger partial charge >= 0.3 is 5.97 Å². The van der Waals surface area contributed by atoms with E-state index in [1.54, 1.807) is 0 Å². The van der Waals surface area contributed by atoms with Crippen LogP contribution in [0.4, 0.5) is 0 Å². The van der Waals surface area contributed by atoms with Gasteiger partial charge in [0.25, 0.3) is 0 Å². The van der Waals surface area contributed by atoms with Crippen molar-refractivity contribution in [1.29, 1.82) is 0 Å². The minimum Gasteiger partial charge on any atom is -0.466 e. The first-order valence-electron chi connectivity index (χ1n) is 31.8. The summed E-state index contributed by atoms with van der Waals surface area (Å²) >= 11 is 0. The zero-order valence-electron chi connectivity index (χ0n) is 47.1. The molecule has 0 heterocycles. The molecule has 0 saturated carbocycles. The summed E-state index contributed by atoms with van der Waals surface area (Å²) in [5.74, 6) is -0.00928. The number of nitrogens with one attached hydrogen (secondary N) is 1. The molecular weight excluding hydrogens is 851 g/mol. The fourth-order valence-corrected chi connectivity index (χ4v) is 10.3. The van der Waals surface area contributed by atoms with Crippen molar-refractivity contribution in [1.82, 2.24) is 5.32 Å². The molecule has 0 rings (SSSR count). The van der Waals surface area contributed by atoms with E-state index in [0.717, 1.165) is 38.5 Å². The summed E-state index contributed by atoms with van der Waals surface area (Å²) < 4.78 is 5.47. The normalized spacial score (nSPS) is 12.5. The van der Waals surface area contributed by atoms with Crippen molar-refractivity contribution in [2.45, 2.75) is 379 Å². The third-order valence-electron chi connectivity index (χ3n) is 15.2. The molecule has 6 nitrogen and oxygen atoms in total. The van der Waals surface area contributed by atoms with E-state index in [2.05, 4.69) is 19.2 Å². The summed E-state index contributed by atoms with van der Waals surface area (Å²) in [5, 5.41) is 23.2. The predicted molar refractivity (Wildman–Crippen MR) is 301 cm³/mol. The average Bonchev–Trinajstić information content (AvgIpc) is 3.35. The maximum atomic E-state index is 12.4. The van der Waals surface area contributed by atoms with Crippen molar-refractivity contribution in [3.05, 3.63) is 0 Å². The minimum atomic E-state index is -0.658. The molecule has 2 unspecified atom stereocenters. The van der Waals surface area contributed by atoms with Gasteiger partial charge in [0.2, 0.25) is 5.91 Å². The molecule has 1 amide bonds. The van der Waals surface area contributed by atoms with E-state index in [0.29, 0.717) is 25.9 Å². The van der Waals surface area contributed by atoms with Crippen molar-refractivity contribution in [3.63, 3.8) is 0 Å².